The Morgan fingerprint density at radius 2 is 2.16 bits per heavy atom. The number of rotatable bonds is 5. The summed E-state index contributed by atoms with van der Waals surface area (Å²) < 4.78 is 15.5. The fraction of sp³-hybridized carbons (Fsp3) is 0.500. The summed E-state index contributed by atoms with van der Waals surface area (Å²) in [6.45, 7) is 3.09. The van der Waals surface area contributed by atoms with Gasteiger partial charge in [-0.25, -0.2) is 9.37 Å². The molecular weight excluding hydrogens is 265 g/mol. The van der Waals surface area contributed by atoms with E-state index in [1.54, 1.807) is 6.07 Å². The maximum Gasteiger partial charge on any atom is 0.125 e. The summed E-state index contributed by atoms with van der Waals surface area (Å²) >= 11 is 5.96. The molecule has 0 amide bonds. The molecule has 2 aromatic rings. The lowest BCUT2D eigenvalue weighted by Crippen LogP contribution is -2.18. The van der Waals surface area contributed by atoms with E-state index in [-0.39, 0.29) is 11.9 Å². The predicted molar refractivity (Wildman–Crippen MR) is 77.1 cm³/mol. The lowest BCUT2D eigenvalue weighted by atomic mass is 10.2. The van der Waals surface area contributed by atoms with Gasteiger partial charge in [-0.2, -0.15) is 0 Å². The molecule has 0 radical (unpaired) electrons. The van der Waals surface area contributed by atoms with Crippen LogP contribution in [0.25, 0.3) is 11.0 Å². The monoisotopic (exact) mass is 283 g/mol. The van der Waals surface area contributed by atoms with Gasteiger partial charge in [0.2, 0.25) is 0 Å². The number of nitrogens with zero attached hydrogens (tertiary/aromatic N) is 3. The van der Waals surface area contributed by atoms with E-state index in [1.807, 2.05) is 14.1 Å². The molecule has 1 aromatic heterocycles. The first-order valence-electron chi connectivity index (χ1n) is 6.40. The molecule has 1 unspecified atom stereocenters. The zero-order valence-electron chi connectivity index (χ0n) is 11.5. The molecule has 1 atom stereocenters. The Bertz CT molecular complexity index is 565. The van der Waals surface area contributed by atoms with Gasteiger partial charge >= 0.3 is 0 Å². The van der Waals surface area contributed by atoms with Gasteiger partial charge in [0.25, 0.3) is 0 Å². The number of benzene rings is 1. The van der Waals surface area contributed by atoms with Crippen LogP contribution in [0.2, 0.25) is 0 Å². The fourth-order valence-electron chi connectivity index (χ4n) is 2.28. The first-order chi connectivity index (χ1) is 9.02. The average Bonchev–Trinajstić information content (AvgIpc) is 2.73. The molecule has 1 aromatic carbocycles. The quantitative estimate of drug-likeness (QED) is 0.784. The van der Waals surface area contributed by atoms with Gasteiger partial charge in [0.15, 0.2) is 0 Å². The smallest absolute Gasteiger partial charge is 0.125 e. The zero-order chi connectivity index (χ0) is 14.0. The third-order valence-electron chi connectivity index (χ3n) is 3.28. The molecule has 0 aliphatic heterocycles. The van der Waals surface area contributed by atoms with Gasteiger partial charge in [-0.15, -0.1) is 11.6 Å². The minimum atomic E-state index is -0.241. The summed E-state index contributed by atoms with van der Waals surface area (Å²) in [5.41, 5.74) is 1.62. The van der Waals surface area contributed by atoms with Crippen molar-refractivity contribution in [3.8, 4) is 0 Å². The summed E-state index contributed by atoms with van der Waals surface area (Å²) in [4.78, 5) is 6.61. The van der Waals surface area contributed by atoms with Crippen molar-refractivity contribution in [2.75, 3.05) is 20.6 Å². The Hall–Kier alpha value is -1.13. The normalized spacial score (nSPS) is 13.4. The van der Waals surface area contributed by atoms with Crippen LogP contribution in [-0.2, 0) is 5.88 Å². The standard InChI is InChI=1S/C14H19ClFN3/c1-10(6-7-18(2)3)19-13-8-11(16)4-5-12(13)17-14(19)9-15/h4-5,8,10H,6-7,9H2,1-3H3. The van der Waals surface area contributed by atoms with E-state index in [1.165, 1.54) is 12.1 Å². The SMILES string of the molecule is CC(CCN(C)C)n1c(CCl)nc2ccc(F)cc21. The van der Waals surface area contributed by atoms with E-state index >= 15 is 0 Å². The van der Waals surface area contributed by atoms with Crippen LogP contribution in [0.1, 0.15) is 25.2 Å². The first kappa shape index (κ1) is 14.3. The second-order valence-corrected chi connectivity index (χ2v) is 5.37. The van der Waals surface area contributed by atoms with Crippen molar-refractivity contribution in [3.05, 3.63) is 29.8 Å². The first-order valence-corrected chi connectivity index (χ1v) is 6.93. The van der Waals surface area contributed by atoms with Crippen molar-refractivity contribution in [2.45, 2.75) is 25.3 Å². The highest BCUT2D eigenvalue weighted by Gasteiger charge is 2.15. The minimum absolute atomic E-state index is 0.239. The molecule has 0 aliphatic carbocycles. The molecule has 0 spiro atoms. The Kier molecular flexibility index (Phi) is 4.42. The zero-order valence-corrected chi connectivity index (χ0v) is 12.3. The molecule has 5 heteroatoms. The van der Waals surface area contributed by atoms with Crippen LogP contribution in [0.5, 0.6) is 0 Å². The number of hydrogen-bond acceptors (Lipinski definition) is 2. The number of alkyl halides is 1. The largest absolute Gasteiger partial charge is 0.324 e. The molecule has 0 fully saturated rings. The number of halogens is 2. The van der Waals surface area contributed by atoms with E-state index in [9.17, 15) is 4.39 Å². The van der Waals surface area contributed by atoms with E-state index in [4.69, 9.17) is 11.6 Å². The van der Waals surface area contributed by atoms with Crippen LogP contribution in [0, 0.1) is 5.82 Å². The Balaban J connectivity index is 2.41. The number of fused-ring (bicyclic) bond motifs is 1. The maximum absolute atomic E-state index is 13.4. The molecule has 0 saturated carbocycles. The van der Waals surface area contributed by atoms with Gasteiger partial charge in [-0.05, 0) is 52.2 Å². The minimum Gasteiger partial charge on any atom is -0.324 e. The topological polar surface area (TPSA) is 21.1 Å². The summed E-state index contributed by atoms with van der Waals surface area (Å²) in [7, 11) is 4.09. The molecule has 104 valence electrons. The molecule has 19 heavy (non-hydrogen) atoms. The lowest BCUT2D eigenvalue weighted by Gasteiger charge is -2.19. The third kappa shape index (κ3) is 3.07. The van der Waals surface area contributed by atoms with Crippen molar-refractivity contribution in [1.29, 1.82) is 0 Å². The predicted octanol–water partition coefficient (Wildman–Crippen LogP) is 3.43. The highest BCUT2D eigenvalue weighted by Crippen LogP contribution is 2.25. The van der Waals surface area contributed by atoms with Gasteiger partial charge in [0.05, 0.1) is 16.9 Å². The summed E-state index contributed by atoms with van der Waals surface area (Å²) in [5.74, 6) is 0.894. The van der Waals surface area contributed by atoms with Gasteiger partial charge < -0.3 is 9.47 Å². The molecule has 0 saturated heterocycles. The second kappa shape index (κ2) is 5.88. The van der Waals surface area contributed by atoms with E-state index in [0.29, 0.717) is 5.88 Å². The van der Waals surface area contributed by atoms with Crippen molar-refractivity contribution in [1.82, 2.24) is 14.5 Å². The number of imidazole rings is 1. The second-order valence-electron chi connectivity index (χ2n) is 5.11. The van der Waals surface area contributed by atoms with E-state index in [2.05, 4.69) is 21.4 Å². The van der Waals surface area contributed by atoms with Crippen molar-refractivity contribution in [2.24, 2.45) is 0 Å². The Morgan fingerprint density at radius 1 is 1.42 bits per heavy atom. The van der Waals surface area contributed by atoms with Crippen LogP contribution in [0.4, 0.5) is 4.39 Å². The van der Waals surface area contributed by atoms with Gasteiger partial charge in [0.1, 0.15) is 11.6 Å². The van der Waals surface area contributed by atoms with E-state index < -0.39 is 0 Å². The summed E-state index contributed by atoms with van der Waals surface area (Å²) in [5, 5.41) is 0. The lowest BCUT2D eigenvalue weighted by molar-refractivity contribution is 0.358. The van der Waals surface area contributed by atoms with Crippen LogP contribution >= 0.6 is 11.6 Å². The van der Waals surface area contributed by atoms with Crippen LogP contribution < -0.4 is 0 Å². The highest BCUT2D eigenvalue weighted by molar-refractivity contribution is 6.16. The number of hydrogen-bond donors (Lipinski definition) is 0. The summed E-state index contributed by atoms with van der Waals surface area (Å²) in [6.07, 6.45) is 0.971. The van der Waals surface area contributed by atoms with Gasteiger partial charge in [0, 0.05) is 6.04 Å². The molecule has 1 heterocycles. The highest BCUT2D eigenvalue weighted by atomic mass is 35.5. The molecule has 0 bridgehead atoms. The van der Waals surface area contributed by atoms with Crippen LogP contribution in [0.3, 0.4) is 0 Å². The average molecular weight is 284 g/mol. The number of aromatic nitrogens is 2. The van der Waals surface area contributed by atoms with Crippen molar-refractivity contribution >= 4 is 22.6 Å². The third-order valence-corrected chi connectivity index (χ3v) is 3.52. The van der Waals surface area contributed by atoms with Crippen LogP contribution in [-0.4, -0.2) is 35.1 Å². The maximum atomic E-state index is 13.4. The van der Waals surface area contributed by atoms with E-state index in [0.717, 1.165) is 29.8 Å². The van der Waals surface area contributed by atoms with Gasteiger partial charge in [-0.3, -0.25) is 0 Å². The fourth-order valence-corrected chi connectivity index (χ4v) is 2.46. The van der Waals surface area contributed by atoms with Crippen molar-refractivity contribution in [3.63, 3.8) is 0 Å². The van der Waals surface area contributed by atoms with Gasteiger partial charge in [-0.1, -0.05) is 0 Å². The molecule has 3 nitrogen and oxygen atoms in total. The van der Waals surface area contributed by atoms with Crippen molar-refractivity contribution < 1.29 is 4.39 Å². The molecule has 0 N–H and O–H groups in total. The summed E-state index contributed by atoms with van der Waals surface area (Å²) in [6, 6.07) is 4.91. The molecule has 0 aliphatic rings. The molecular formula is C14H19ClFN3. The Labute approximate surface area is 118 Å². The Morgan fingerprint density at radius 3 is 2.79 bits per heavy atom. The van der Waals surface area contributed by atoms with Crippen LogP contribution in [0.15, 0.2) is 18.2 Å². The molecule has 2 rings (SSSR count).